The van der Waals surface area contributed by atoms with E-state index in [2.05, 4.69) is 20.4 Å². The van der Waals surface area contributed by atoms with Crippen LogP contribution < -0.4 is 10.1 Å². The summed E-state index contributed by atoms with van der Waals surface area (Å²) >= 11 is 0. The van der Waals surface area contributed by atoms with Crippen molar-refractivity contribution in [3.63, 3.8) is 0 Å². The molecule has 0 unspecified atom stereocenters. The van der Waals surface area contributed by atoms with Gasteiger partial charge in [0.05, 0.1) is 5.69 Å². The van der Waals surface area contributed by atoms with Crippen LogP contribution in [0.1, 0.15) is 17.1 Å². The molecule has 0 radical (unpaired) electrons. The van der Waals surface area contributed by atoms with Gasteiger partial charge in [0.15, 0.2) is 13.2 Å². The molecular formula is C20H21N5O4. The number of carbonyl (C=O) groups is 2. The fourth-order valence-corrected chi connectivity index (χ4v) is 2.57. The first kappa shape index (κ1) is 20.0. The van der Waals surface area contributed by atoms with Crippen molar-refractivity contribution >= 4 is 17.7 Å². The molecule has 9 heteroatoms. The van der Waals surface area contributed by atoms with Crippen molar-refractivity contribution in [1.29, 1.82) is 0 Å². The molecule has 0 aliphatic rings. The second kappa shape index (κ2) is 8.96. The molecule has 1 N–H and O–H groups in total. The standard InChI is InChI=1S/C20H21N5O4/c1-13-9-14(2)22-20(21-13)25-17(10-15(3)24-25)23-18(26)11-29-19(27)12-28-16-7-5-4-6-8-16/h4-10H,11-12H2,1-3H3,(H,23,26). The van der Waals surface area contributed by atoms with Gasteiger partial charge in [-0.3, -0.25) is 4.79 Å². The molecule has 29 heavy (non-hydrogen) atoms. The van der Waals surface area contributed by atoms with Crippen molar-refractivity contribution in [1.82, 2.24) is 19.7 Å². The van der Waals surface area contributed by atoms with E-state index in [4.69, 9.17) is 9.47 Å². The highest BCUT2D eigenvalue weighted by atomic mass is 16.6. The van der Waals surface area contributed by atoms with Crippen molar-refractivity contribution in [2.24, 2.45) is 0 Å². The minimum atomic E-state index is -0.647. The molecule has 1 aromatic carbocycles. The smallest absolute Gasteiger partial charge is 0.344 e. The molecule has 3 rings (SSSR count). The van der Waals surface area contributed by atoms with Crippen LogP contribution in [0.2, 0.25) is 0 Å². The van der Waals surface area contributed by atoms with Crippen molar-refractivity contribution in [2.75, 3.05) is 18.5 Å². The second-order valence-electron chi connectivity index (χ2n) is 6.34. The van der Waals surface area contributed by atoms with Crippen LogP contribution in [0.15, 0.2) is 42.5 Å². The average molecular weight is 395 g/mol. The summed E-state index contributed by atoms with van der Waals surface area (Å²) in [7, 11) is 0. The SMILES string of the molecule is Cc1cc(C)nc(-n2nc(C)cc2NC(=O)COC(=O)COc2ccccc2)n1. The Morgan fingerprint density at radius 1 is 0.966 bits per heavy atom. The molecule has 2 aromatic heterocycles. The lowest BCUT2D eigenvalue weighted by molar-refractivity contribution is -0.149. The molecule has 0 aliphatic carbocycles. The lowest BCUT2D eigenvalue weighted by atomic mass is 10.3. The fraction of sp³-hybridized carbons (Fsp3) is 0.250. The Balaban J connectivity index is 1.57. The number of carbonyl (C=O) groups excluding carboxylic acids is 2. The summed E-state index contributed by atoms with van der Waals surface area (Å²) in [5, 5.41) is 6.99. The number of para-hydroxylation sites is 1. The summed E-state index contributed by atoms with van der Waals surface area (Å²) in [5.41, 5.74) is 2.24. The molecule has 2 heterocycles. The number of aryl methyl sites for hydroxylation is 3. The third kappa shape index (κ3) is 5.61. The van der Waals surface area contributed by atoms with Crippen LogP contribution in [0.5, 0.6) is 5.75 Å². The Kier molecular flexibility index (Phi) is 6.18. The highest BCUT2D eigenvalue weighted by Gasteiger charge is 2.15. The van der Waals surface area contributed by atoms with Gasteiger partial charge in [-0.25, -0.2) is 14.8 Å². The molecular weight excluding hydrogens is 374 g/mol. The average Bonchev–Trinajstić information content (AvgIpc) is 3.05. The molecule has 150 valence electrons. The Morgan fingerprint density at radius 2 is 1.66 bits per heavy atom. The van der Waals surface area contributed by atoms with E-state index in [1.54, 1.807) is 37.3 Å². The Morgan fingerprint density at radius 3 is 2.34 bits per heavy atom. The van der Waals surface area contributed by atoms with E-state index < -0.39 is 18.5 Å². The van der Waals surface area contributed by atoms with Gasteiger partial charge in [0.25, 0.3) is 11.9 Å². The Labute approximate surface area is 167 Å². The highest BCUT2D eigenvalue weighted by Crippen LogP contribution is 2.15. The first-order valence-electron chi connectivity index (χ1n) is 8.93. The predicted octanol–water partition coefficient (Wildman–Crippen LogP) is 2.15. The number of hydrogen-bond acceptors (Lipinski definition) is 7. The Hall–Kier alpha value is -3.75. The molecule has 0 atom stereocenters. The summed E-state index contributed by atoms with van der Waals surface area (Å²) in [4.78, 5) is 32.7. The minimum absolute atomic E-state index is 0.287. The predicted molar refractivity (Wildman–Crippen MR) is 105 cm³/mol. The fourth-order valence-electron chi connectivity index (χ4n) is 2.57. The van der Waals surface area contributed by atoms with Gasteiger partial charge < -0.3 is 14.8 Å². The van der Waals surface area contributed by atoms with Crippen LogP contribution >= 0.6 is 0 Å². The summed E-state index contributed by atoms with van der Waals surface area (Å²) in [6.45, 7) is 4.75. The maximum atomic E-state index is 12.2. The lowest BCUT2D eigenvalue weighted by Crippen LogP contribution is -2.24. The summed E-state index contributed by atoms with van der Waals surface area (Å²) in [6.07, 6.45) is 0. The van der Waals surface area contributed by atoms with Crippen molar-refractivity contribution < 1.29 is 19.1 Å². The van der Waals surface area contributed by atoms with Crippen molar-refractivity contribution in [3.05, 3.63) is 59.5 Å². The van der Waals surface area contributed by atoms with Crippen LogP contribution in [-0.2, 0) is 14.3 Å². The number of ether oxygens (including phenoxy) is 2. The zero-order valence-electron chi connectivity index (χ0n) is 16.4. The number of hydrogen-bond donors (Lipinski definition) is 1. The van der Waals surface area contributed by atoms with Gasteiger partial charge in [0.1, 0.15) is 11.6 Å². The summed E-state index contributed by atoms with van der Waals surface area (Å²) in [6, 6.07) is 12.4. The molecule has 1 amide bonds. The molecule has 0 bridgehead atoms. The second-order valence-corrected chi connectivity index (χ2v) is 6.34. The van der Waals surface area contributed by atoms with Crippen molar-refractivity contribution in [2.45, 2.75) is 20.8 Å². The number of benzene rings is 1. The molecule has 0 aliphatic heterocycles. The van der Waals surface area contributed by atoms with E-state index in [0.717, 1.165) is 11.4 Å². The molecule has 0 saturated heterocycles. The third-order valence-corrected chi connectivity index (χ3v) is 3.72. The van der Waals surface area contributed by atoms with Crippen molar-refractivity contribution in [3.8, 4) is 11.7 Å². The van der Waals surface area contributed by atoms with Gasteiger partial charge in [-0.2, -0.15) is 9.78 Å². The van der Waals surface area contributed by atoms with Crippen LogP contribution in [0, 0.1) is 20.8 Å². The van der Waals surface area contributed by atoms with E-state index >= 15 is 0 Å². The topological polar surface area (TPSA) is 108 Å². The van der Waals surface area contributed by atoms with Crippen LogP contribution in [0.3, 0.4) is 0 Å². The van der Waals surface area contributed by atoms with Gasteiger partial charge in [0, 0.05) is 17.5 Å². The van der Waals surface area contributed by atoms with E-state index in [-0.39, 0.29) is 6.61 Å². The zero-order valence-corrected chi connectivity index (χ0v) is 16.4. The molecule has 0 fully saturated rings. The lowest BCUT2D eigenvalue weighted by Gasteiger charge is -2.09. The first-order chi connectivity index (χ1) is 13.9. The maximum Gasteiger partial charge on any atom is 0.344 e. The number of amides is 1. The molecule has 0 saturated carbocycles. The largest absolute Gasteiger partial charge is 0.482 e. The number of anilines is 1. The van der Waals surface area contributed by atoms with Crippen LogP contribution in [0.25, 0.3) is 5.95 Å². The highest BCUT2D eigenvalue weighted by molar-refractivity contribution is 5.92. The van der Waals surface area contributed by atoms with E-state index in [1.807, 2.05) is 26.0 Å². The number of rotatable bonds is 7. The number of nitrogens with zero attached hydrogens (tertiary/aromatic N) is 4. The maximum absolute atomic E-state index is 12.2. The van der Waals surface area contributed by atoms with Crippen LogP contribution in [0.4, 0.5) is 5.82 Å². The third-order valence-electron chi connectivity index (χ3n) is 3.72. The monoisotopic (exact) mass is 395 g/mol. The number of esters is 1. The molecule has 9 nitrogen and oxygen atoms in total. The zero-order chi connectivity index (χ0) is 20.8. The summed E-state index contributed by atoms with van der Waals surface area (Å²) < 4.78 is 11.7. The number of nitrogens with one attached hydrogen (secondary N) is 1. The van der Waals surface area contributed by atoms with Gasteiger partial charge in [0.2, 0.25) is 0 Å². The Bertz CT molecular complexity index is 997. The van der Waals surface area contributed by atoms with E-state index in [1.165, 1.54) is 4.68 Å². The van der Waals surface area contributed by atoms with Crippen LogP contribution in [-0.4, -0.2) is 44.8 Å². The van der Waals surface area contributed by atoms with Gasteiger partial charge in [-0.1, -0.05) is 18.2 Å². The van der Waals surface area contributed by atoms with E-state index in [0.29, 0.717) is 23.2 Å². The van der Waals surface area contributed by atoms with Gasteiger partial charge >= 0.3 is 5.97 Å². The molecule has 0 spiro atoms. The molecule has 3 aromatic rings. The van der Waals surface area contributed by atoms with E-state index in [9.17, 15) is 9.59 Å². The minimum Gasteiger partial charge on any atom is -0.482 e. The normalized spacial score (nSPS) is 10.4. The van der Waals surface area contributed by atoms with Gasteiger partial charge in [-0.15, -0.1) is 0 Å². The number of aromatic nitrogens is 4. The summed E-state index contributed by atoms with van der Waals surface area (Å²) in [5.74, 6) is 0.116. The quantitative estimate of drug-likeness (QED) is 0.611. The van der Waals surface area contributed by atoms with Gasteiger partial charge in [-0.05, 0) is 39.0 Å². The first-order valence-corrected chi connectivity index (χ1v) is 8.93.